The van der Waals surface area contributed by atoms with E-state index in [0.29, 0.717) is 47.6 Å². The van der Waals surface area contributed by atoms with Crippen LogP contribution in [0.15, 0.2) is 42.5 Å². The maximum atomic E-state index is 13.1. The first-order valence-electron chi connectivity index (χ1n) is 8.62. The highest BCUT2D eigenvalue weighted by atomic mass is 16.5. The number of carbonyl (C=O) groups is 2. The van der Waals surface area contributed by atoms with Gasteiger partial charge in [-0.2, -0.15) is 0 Å². The minimum atomic E-state index is -0.890. The number of methoxy groups -OCH3 is 2. The van der Waals surface area contributed by atoms with Gasteiger partial charge in [0, 0.05) is 12.0 Å². The lowest BCUT2D eigenvalue weighted by Crippen LogP contribution is -2.43. The molecule has 0 unspecified atom stereocenters. The van der Waals surface area contributed by atoms with E-state index in [-0.39, 0.29) is 11.8 Å². The number of benzene rings is 2. The van der Waals surface area contributed by atoms with E-state index in [4.69, 9.17) is 14.2 Å². The summed E-state index contributed by atoms with van der Waals surface area (Å²) in [4.78, 5) is 25.6. The fourth-order valence-electron chi connectivity index (χ4n) is 3.52. The van der Waals surface area contributed by atoms with Crippen molar-refractivity contribution in [3.63, 3.8) is 0 Å². The number of hydrogen-bond donors (Lipinski definition) is 0. The van der Waals surface area contributed by atoms with Crippen LogP contribution in [-0.2, 0) is 10.2 Å². The summed E-state index contributed by atoms with van der Waals surface area (Å²) in [6.45, 7) is 1.93. The van der Waals surface area contributed by atoms with E-state index >= 15 is 0 Å². The highest BCUT2D eigenvalue weighted by Gasteiger charge is 2.46. The van der Waals surface area contributed by atoms with Gasteiger partial charge >= 0.3 is 5.97 Å². The van der Waals surface area contributed by atoms with Gasteiger partial charge in [-0.25, -0.2) is 0 Å². The van der Waals surface area contributed by atoms with Gasteiger partial charge in [0.1, 0.15) is 5.75 Å². The first kappa shape index (κ1) is 18.0. The summed E-state index contributed by atoms with van der Waals surface area (Å²) < 4.78 is 16.3. The van der Waals surface area contributed by atoms with E-state index in [1.165, 1.54) is 14.2 Å². The van der Waals surface area contributed by atoms with E-state index in [0.717, 1.165) is 0 Å². The predicted molar refractivity (Wildman–Crippen MR) is 97.2 cm³/mol. The lowest BCUT2D eigenvalue weighted by atomic mass is 9.67. The number of rotatable bonds is 5. The molecule has 0 saturated heterocycles. The molecule has 1 atom stereocenters. The van der Waals surface area contributed by atoms with Crippen LogP contribution >= 0.6 is 0 Å². The van der Waals surface area contributed by atoms with Crippen molar-refractivity contribution in [1.82, 2.24) is 0 Å². The van der Waals surface area contributed by atoms with Crippen LogP contribution in [0.1, 0.15) is 42.1 Å². The van der Waals surface area contributed by atoms with E-state index in [2.05, 4.69) is 0 Å². The molecule has 0 saturated carbocycles. The Morgan fingerprint density at radius 3 is 2.35 bits per heavy atom. The standard InChI is InChI=1S/C21H22O5/c1-4-21(20(23)26-14-8-6-5-7-9-14)11-10-17(22)15-12-18(24-2)19(25-3)13-16(15)21/h5-9,12-13H,4,10-11H2,1-3H3/t21-/m1/s1. The number of hydrogen-bond acceptors (Lipinski definition) is 5. The van der Waals surface area contributed by atoms with Crippen LogP contribution in [0.2, 0.25) is 0 Å². The lowest BCUT2D eigenvalue weighted by molar-refractivity contribution is -0.141. The fraction of sp³-hybridized carbons (Fsp3) is 0.333. The number of para-hydroxylation sites is 1. The van der Waals surface area contributed by atoms with Gasteiger partial charge in [-0.15, -0.1) is 0 Å². The van der Waals surface area contributed by atoms with Gasteiger partial charge in [0.15, 0.2) is 17.3 Å². The molecule has 26 heavy (non-hydrogen) atoms. The van der Waals surface area contributed by atoms with E-state index in [1.54, 1.807) is 24.3 Å². The molecule has 2 aromatic rings. The number of esters is 1. The minimum Gasteiger partial charge on any atom is -0.493 e. The summed E-state index contributed by atoms with van der Waals surface area (Å²) in [5.41, 5.74) is 0.258. The Morgan fingerprint density at radius 1 is 1.08 bits per heavy atom. The van der Waals surface area contributed by atoms with E-state index in [1.807, 2.05) is 25.1 Å². The van der Waals surface area contributed by atoms with Crippen LogP contribution < -0.4 is 14.2 Å². The molecule has 0 bridgehead atoms. The topological polar surface area (TPSA) is 61.8 Å². The van der Waals surface area contributed by atoms with E-state index < -0.39 is 5.41 Å². The van der Waals surface area contributed by atoms with Crippen molar-refractivity contribution >= 4 is 11.8 Å². The molecule has 0 aromatic heterocycles. The Morgan fingerprint density at radius 2 is 1.73 bits per heavy atom. The molecule has 0 N–H and O–H groups in total. The predicted octanol–water partition coefficient (Wildman–Crippen LogP) is 3.93. The molecule has 3 rings (SSSR count). The molecule has 5 heteroatoms. The molecule has 0 radical (unpaired) electrons. The average molecular weight is 354 g/mol. The van der Waals surface area contributed by atoms with Gasteiger partial charge in [-0.3, -0.25) is 9.59 Å². The van der Waals surface area contributed by atoms with Crippen molar-refractivity contribution < 1.29 is 23.8 Å². The second-order valence-corrected chi connectivity index (χ2v) is 6.31. The van der Waals surface area contributed by atoms with Crippen LogP contribution in [0.4, 0.5) is 0 Å². The second-order valence-electron chi connectivity index (χ2n) is 6.31. The van der Waals surface area contributed by atoms with Crippen LogP contribution in [-0.4, -0.2) is 26.0 Å². The molecule has 0 fully saturated rings. The zero-order valence-corrected chi connectivity index (χ0v) is 15.2. The summed E-state index contributed by atoms with van der Waals surface area (Å²) in [5, 5.41) is 0. The van der Waals surface area contributed by atoms with Crippen molar-refractivity contribution in [3.8, 4) is 17.2 Å². The van der Waals surface area contributed by atoms with Crippen LogP contribution in [0.3, 0.4) is 0 Å². The quantitative estimate of drug-likeness (QED) is 0.601. The van der Waals surface area contributed by atoms with Crippen molar-refractivity contribution in [2.24, 2.45) is 0 Å². The van der Waals surface area contributed by atoms with Gasteiger partial charge in [-0.1, -0.05) is 25.1 Å². The Bertz CT molecular complexity index is 828. The maximum Gasteiger partial charge on any atom is 0.321 e. The molecule has 5 nitrogen and oxygen atoms in total. The molecular formula is C21H22O5. The van der Waals surface area contributed by atoms with Crippen molar-refractivity contribution in [1.29, 1.82) is 0 Å². The third-order valence-corrected chi connectivity index (χ3v) is 5.07. The highest BCUT2D eigenvalue weighted by molar-refractivity contribution is 6.03. The SMILES string of the molecule is CC[C@@]1(C(=O)Oc2ccccc2)CCC(=O)c2cc(OC)c(OC)cc21. The van der Waals surface area contributed by atoms with Crippen molar-refractivity contribution in [3.05, 3.63) is 53.6 Å². The molecule has 1 aliphatic rings. The minimum absolute atomic E-state index is 0.00228. The lowest BCUT2D eigenvalue weighted by Gasteiger charge is -2.36. The summed E-state index contributed by atoms with van der Waals surface area (Å²) in [6.07, 6.45) is 1.23. The summed E-state index contributed by atoms with van der Waals surface area (Å²) in [5.74, 6) is 1.10. The number of ether oxygens (including phenoxy) is 3. The van der Waals surface area contributed by atoms with Gasteiger partial charge in [-0.05, 0) is 42.7 Å². The third-order valence-electron chi connectivity index (χ3n) is 5.07. The molecule has 0 heterocycles. The summed E-state index contributed by atoms with van der Waals surface area (Å²) in [7, 11) is 3.05. The zero-order chi connectivity index (χ0) is 18.7. The normalized spacial score (nSPS) is 18.8. The smallest absolute Gasteiger partial charge is 0.321 e. The highest BCUT2D eigenvalue weighted by Crippen LogP contribution is 2.45. The molecular weight excluding hydrogens is 332 g/mol. The number of fused-ring (bicyclic) bond motifs is 1. The monoisotopic (exact) mass is 354 g/mol. The maximum absolute atomic E-state index is 13.1. The average Bonchev–Trinajstić information content (AvgIpc) is 2.68. The van der Waals surface area contributed by atoms with E-state index in [9.17, 15) is 9.59 Å². The molecule has 0 amide bonds. The summed E-state index contributed by atoms with van der Waals surface area (Å²) in [6, 6.07) is 12.4. The third kappa shape index (κ3) is 2.94. The molecule has 136 valence electrons. The number of ketones is 1. The molecule has 1 aliphatic carbocycles. The van der Waals surface area contributed by atoms with Gasteiger partial charge in [0.25, 0.3) is 0 Å². The van der Waals surface area contributed by atoms with Crippen LogP contribution in [0.25, 0.3) is 0 Å². The Labute approximate surface area is 152 Å². The Hall–Kier alpha value is -2.82. The van der Waals surface area contributed by atoms with Crippen molar-refractivity contribution in [2.75, 3.05) is 14.2 Å². The van der Waals surface area contributed by atoms with Crippen LogP contribution in [0, 0.1) is 0 Å². The van der Waals surface area contributed by atoms with Crippen LogP contribution in [0.5, 0.6) is 17.2 Å². The summed E-state index contributed by atoms with van der Waals surface area (Å²) >= 11 is 0. The van der Waals surface area contributed by atoms with Gasteiger partial charge in [0.05, 0.1) is 19.6 Å². The number of Topliss-reactive ketones (excluding diaryl/α,β-unsaturated/α-hetero) is 1. The number of carbonyl (C=O) groups excluding carboxylic acids is 2. The fourth-order valence-corrected chi connectivity index (χ4v) is 3.52. The molecule has 0 aliphatic heterocycles. The Kier molecular flexibility index (Phi) is 4.98. The van der Waals surface area contributed by atoms with Gasteiger partial charge in [0.2, 0.25) is 0 Å². The first-order chi connectivity index (χ1) is 12.6. The zero-order valence-electron chi connectivity index (χ0n) is 15.2. The molecule has 2 aromatic carbocycles. The van der Waals surface area contributed by atoms with Gasteiger partial charge < -0.3 is 14.2 Å². The first-order valence-corrected chi connectivity index (χ1v) is 8.62. The van der Waals surface area contributed by atoms with Crippen molar-refractivity contribution in [2.45, 2.75) is 31.6 Å². The Balaban J connectivity index is 2.10. The molecule has 0 spiro atoms. The largest absolute Gasteiger partial charge is 0.493 e. The second kappa shape index (κ2) is 7.20.